The van der Waals surface area contributed by atoms with Gasteiger partial charge in [-0.1, -0.05) is 18.2 Å². The molecule has 148 valence electrons. The van der Waals surface area contributed by atoms with Crippen LogP contribution in [0.15, 0.2) is 67.2 Å². The third-order valence-electron chi connectivity index (χ3n) is 4.64. The van der Waals surface area contributed by atoms with E-state index in [1.54, 1.807) is 15.6 Å². The number of benzene rings is 1. The van der Waals surface area contributed by atoms with Crippen molar-refractivity contribution >= 4 is 23.2 Å². The van der Waals surface area contributed by atoms with Crippen molar-refractivity contribution in [1.82, 2.24) is 14.0 Å². The van der Waals surface area contributed by atoms with Gasteiger partial charge in [0.2, 0.25) is 4.80 Å². The first-order valence-corrected chi connectivity index (χ1v) is 10.0. The first-order valence-electron chi connectivity index (χ1n) is 9.12. The smallest absolute Gasteiger partial charge is 0.297 e. The molecule has 0 amide bonds. The fraction of sp³-hybridized carbons (Fsp3) is 0.190. The molecule has 0 saturated carbocycles. The molecule has 0 aliphatic carbocycles. The van der Waals surface area contributed by atoms with Crippen molar-refractivity contribution in [3.05, 3.63) is 85.9 Å². The van der Waals surface area contributed by atoms with E-state index in [1.165, 1.54) is 11.3 Å². The van der Waals surface area contributed by atoms with E-state index in [0.29, 0.717) is 16.2 Å². The Balaban J connectivity index is 1.82. The van der Waals surface area contributed by atoms with Crippen LogP contribution in [0.25, 0.3) is 5.69 Å². The molecule has 0 radical (unpaired) electrons. The molecule has 3 aromatic heterocycles. The molecule has 3 heterocycles. The zero-order chi connectivity index (χ0) is 20.5. The Hall–Kier alpha value is -3.39. The minimum atomic E-state index is -0.167. The lowest BCUT2D eigenvalue weighted by molar-refractivity contribution is 0.527. The van der Waals surface area contributed by atoms with E-state index >= 15 is 0 Å². The lowest BCUT2D eigenvalue weighted by atomic mass is 10.3. The molecule has 1 aromatic carbocycles. The van der Waals surface area contributed by atoms with Crippen LogP contribution in [-0.4, -0.2) is 20.3 Å². The molecular formula is C21H21N5O2S. The topological polar surface area (TPSA) is 69.7 Å². The number of thiazole rings is 1. The van der Waals surface area contributed by atoms with E-state index in [9.17, 15) is 4.79 Å². The molecule has 8 heteroatoms. The van der Waals surface area contributed by atoms with Gasteiger partial charge in [-0.2, -0.15) is 5.10 Å². The Labute approximate surface area is 171 Å². The van der Waals surface area contributed by atoms with Crippen molar-refractivity contribution in [1.29, 1.82) is 0 Å². The number of para-hydroxylation sites is 1. The van der Waals surface area contributed by atoms with Gasteiger partial charge in [0.15, 0.2) is 5.69 Å². The average molecular weight is 407 g/mol. The molecular weight excluding hydrogens is 386 g/mol. The molecule has 4 aromatic rings. The summed E-state index contributed by atoms with van der Waals surface area (Å²) in [5, 5.41) is 6.45. The van der Waals surface area contributed by atoms with E-state index in [2.05, 4.69) is 10.1 Å². The molecule has 29 heavy (non-hydrogen) atoms. The van der Waals surface area contributed by atoms with E-state index in [1.807, 2.05) is 80.3 Å². The number of aryl methyl sites for hydroxylation is 2. The summed E-state index contributed by atoms with van der Waals surface area (Å²) in [7, 11) is 1.86. The first-order chi connectivity index (χ1) is 14.0. The zero-order valence-electron chi connectivity index (χ0n) is 16.7. The second-order valence-electron chi connectivity index (χ2n) is 6.69. The molecule has 0 aliphatic heterocycles. The summed E-state index contributed by atoms with van der Waals surface area (Å²) < 4.78 is 10.7. The Morgan fingerprint density at radius 1 is 1.07 bits per heavy atom. The van der Waals surface area contributed by atoms with Crippen LogP contribution in [0.1, 0.15) is 22.9 Å². The maximum atomic E-state index is 13.1. The molecule has 4 rings (SSSR count). The van der Waals surface area contributed by atoms with Crippen LogP contribution in [0.2, 0.25) is 0 Å². The summed E-state index contributed by atoms with van der Waals surface area (Å²) in [6.07, 6.45) is 1.64. The lowest BCUT2D eigenvalue weighted by Gasteiger charge is -2.07. The molecule has 0 aliphatic rings. The second-order valence-corrected chi connectivity index (χ2v) is 7.52. The predicted molar refractivity (Wildman–Crippen MR) is 114 cm³/mol. The number of hydrogen-bond acceptors (Lipinski definition) is 5. The summed E-state index contributed by atoms with van der Waals surface area (Å²) in [4.78, 5) is 18.4. The minimum Gasteiger partial charge on any atom is -0.460 e. The largest absolute Gasteiger partial charge is 0.460 e. The highest BCUT2D eigenvalue weighted by Gasteiger charge is 2.16. The van der Waals surface area contributed by atoms with Gasteiger partial charge in [-0.3, -0.25) is 9.48 Å². The van der Waals surface area contributed by atoms with Crippen molar-refractivity contribution in [2.75, 3.05) is 0 Å². The standard InChI is InChI=1S/C21H21N5O2S/c1-14-13-29-21(25(14)22-12-18-11-10-15(2)28-18)23-19-16(3)24(4)26(20(19)27)17-8-6-5-7-9-17/h5-13H,1-4H3. The van der Waals surface area contributed by atoms with E-state index in [-0.39, 0.29) is 5.56 Å². The molecule has 0 N–H and O–H groups in total. The number of furan rings is 1. The normalized spacial score (nSPS) is 12.3. The van der Waals surface area contributed by atoms with Gasteiger partial charge in [0.1, 0.15) is 11.5 Å². The Kier molecular flexibility index (Phi) is 4.94. The van der Waals surface area contributed by atoms with E-state index in [4.69, 9.17) is 4.42 Å². The van der Waals surface area contributed by atoms with Crippen molar-refractivity contribution in [2.24, 2.45) is 17.1 Å². The zero-order valence-corrected chi connectivity index (χ0v) is 17.5. The summed E-state index contributed by atoms with van der Waals surface area (Å²) in [6.45, 7) is 5.72. The highest BCUT2D eigenvalue weighted by Crippen LogP contribution is 2.16. The maximum absolute atomic E-state index is 13.1. The number of hydrogen-bond donors (Lipinski definition) is 0. The van der Waals surface area contributed by atoms with Crippen LogP contribution < -0.4 is 10.4 Å². The third-order valence-corrected chi connectivity index (χ3v) is 5.58. The van der Waals surface area contributed by atoms with Gasteiger partial charge in [-0.05, 0) is 45.0 Å². The van der Waals surface area contributed by atoms with Gasteiger partial charge in [-0.25, -0.2) is 14.4 Å². The second kappa shape index (κ2) is 7.56. The van der Waals surface area contributed by atoms with Crippen molar-refractivity contribution in [3.63, 3.8) is 0 Å². The van der Waals surface area contributed by atoms with Gasteiger partial charge in [0.25, 0.3) is 5.56 Å². The monoisotopic (exact) mass is 407 g/mol. The number of nitrogens with zero attached hydrogens (tertiary/aromatic N) is 5. The Bertz CT molecular complexity index is 1320. The Morgan fingerprint density at radius 2 is 1.83 bits per heavy atom. The number of aromatic nitrogens is 3. The summed E-state index contributed by atoms with van der Waals surface area (Å²) in [6, 6.07) is 13.3. The predicted octanol–water partition coefficient (Wildman–Crippen LogP) is 3.67. The third kappa shape index (κ3) is 3.54. The average Bonchev–Trinajstić information content (AvgIpc) is 3.34. The molecule has 7 nitrogen and oxygen atoms in total. The fourth-order valence-electron chi connectivity index (χ4n) is 3.02. The number of rotatable bonds is 4. The first kappa shape index (κ1) is 18.9. The van der Waals surface area contributed by atoms with Crippen LogP contribution in [0, 0.1) is 20.8 Å². The van der Waals surface area contributed by atoms with Gasteiger partial charge < -0.3 is 4.42 Å². The molecule has 0 fully saturated rings. The molecule has 0 saturated heterocycles. The van der Waals surface area contributed by atoms with Crippen LogP contribution in [0.4, 0.5) is 5.69 Å². The molecule has 0 atom stereocenters. The van der Waals surface area contributed by atoms with Crippen LogP contribution in [0.5, 0.6) is 0 Å². The molecule has 0 bridgehead atoms. The fourth-order valence-corrected chi connectivity index (χ4v) is 3.83. The van der Waals surface area contributed by atoms with Crippen LogP contribution in [-0.2, 0) is 7.05 Å². The lowest BCUT2D eigenvalue weighted by Crippen LogP contribution is -2.19. The Morgan fingerprint density at radius 3 is 2.52 bits per heavy atom. The summed E-state index contributed by atoms with van der Waals surface area (Å²) in [5.41, 5.74) is 2.73. The van der Waals surface area contributed by atoms with E-state index < -0.39 is 0 Å². The van der Waals surface area contributed by atoms with Crippen molar-refractivity contribution in [3.8, 4) is 5.69 Å². The van der Waals surface area contributed by atoms with Crippen LogP contribution >= 0.6 is 11.3 Å². The molecule has 0 spiro atoms. The van der Waals surface area contributed by atoms with E-state index in [0.717, 1.165) is 22.8 Å². The van der Waals surface area contributed by atoms with Crippen LogP contribution in [0.3, 0.4) is 0 Å². The van der Waals surface area contributed by atoms with Crippen molar-refractivity contribution in [2.45, 2.75) is 20.8 Å². The summed E-state index contributed by atoms with van der Waals surface area (Å²) in [5.74, 6) is 1.48. The summed E-state index contributed by atoms with van der Waals surface area (Å²) >= 11 is 1.43. The minimum absolute atomic E-state index is 0.167. The highest BCUT2D eigenvalue weighted by atomic mass is 32.1. The highest BCUT2D eigenvalue weighted by molar-refractivity contribution is 7.07. The van der Waals surface area contributed by atoms with Crippen molar-refractivity contribution < 1.29 is 4.42 Å². The van der Waals surface area contributed by atoms with Gasteiger partial charge in [-0.15, -0.1) is 11.3 Å². The SMILES string of the molecule is Cc1ccc(C=Nn2c(C)csc2=Nc2c(C)n(C)n(-c3ccccc3)c2=O)o1. The van der Waals surface area contributed by atoms with Gasteiger partial charge in [0.05, 0.1) is 23.3 Å². The van der Waals surface area contributed by atoms with Gasteiger partial charge >= 0.3 is 0 Å². The van der Waals surface area contributed by atoms with Gasteiger partial charge in [0, 0.05) is 12.4 Å². The molecule has 0 unspecified atom stereocenters. The maximum Gasteiger partial charge on any atom is 0.297 e. The quantitative estimate of drug-likeness (QED) is 0.484.